The highest BCUT2D eigenvalue weighted by Crippen LogP contribution is 2.41. The summed E-state index contributed by atoms with van der Waals surface area (Å²) < 4.78 is 34.3. The van der Waals surface area contributed by atoms with Crippen LogP contribution in [0.4, 0.5) is 4.79 Å². The number of hydrogen-bond acceptors (Lipinski definition) is 9. The standard InChI is InChI=1S/C28H38N3O9P/c1-19(18-41(36,30-20(2)25(32)37-4)31-21(3)26(33)38-5)24(27(34)39-16-22-12-8-6-9-13-22)29-28(35)40-17-23-14-10-7-11-15-23/h6-15,19-21,24H,16-18H2,1-5H3,(H,29,35)(H2,30,31,36). The van der Waals surface area contributed by atoms with Gasteiger partial charge in [0.05, 0.1) is 14.2 Å². The SMILES string of the molecule is COC(=O)C(C)NP(=O)(CC(C)C(NC(=O)OCc1ccccc1)C(=O)OCc1ccccc1)NC(C)C(=O)OC. The number of methoxy groups -OCH3 is 2. The van der Waals surface area contributed by atoms with Crippen LogP contribution in [0.3, 0.4) is 0 Å². The van der Waals surface area contributed by atoms with Crippen molar-refractivity contribution in [3.8, 4) is 0 Å². The molecule has 0 aliphatic heterocycles. The molecule has 0 heterocycles. The molecular weight excluding hydrogens is 553 g/mol. The number of carbonyl (C=O) groups excluding carboxylic acids is 4. The minimum absolute atomic E-state index is 0.0400. The molecule has 0 saturated heterocycles. The lowest BCUT2D eigenvalue weighted by Crippen LogP contribution is -2.49. The van der Waals surface area contributed by atoms with Crippen LogP contribution in [0.15, 0.2) is 60.7 Å². The third kappa shape index (κ3) is 11.3. The molecule has 0 fully saturated rings. The van der Waals surface area contributed by atoms with Gasteiger partial charge in [0.15, 0.2) is 0 Å². The molecule has 41 heavy (non-hydrogen) atoms. The van der Waals surface area contributed by atoms with E-state index in [-0.39, 0.29) is 19.4 Å². The van der Waals surface area contributed by atoms with E-state index in [9.17, 15) is 23.7 Å². The van der Waals surface area contributed by atoms with E-state index in [1.807, 2.05) is 12.1 Å². The highest BCUT2D eigenvalue weighted by molar-refractivity contribution is 7.60. The molecule has 0 saturated carbocycles. The van der Waals surface area contributed by atoms with Crippen molar-refractivity contribution in [2.45, 2.75) is 52.1 Å². The van der Waals surface area contributed by atoms with E-state index in [1.54, 1.807) is 55.5 Å². The van der Waals surface area contributed by atoms with Crippen molar-refractivity contribution >= 4 is 31.4 Å². The summed E-state index contributed by atoms with van der Waals surface area (Å²) in [6, 6.07) is 14.6. The summed E-state index contributed by atoms with van der Waals surface area (Å²) in [4.78, 5) is 50.1. The van der Waals surface area contributed by atoms with Crippen LogP contribution in [-0.2, 0) is 51.1 Å². The predicted molar refractivity (Wildman–Crippen MR) is 151 cm³/mol. The van der Waals surface area contributed by atoms with Crippen LogP contribution in [0, 0.1) is 5.92 Å². The van der Waals surface area contributed by atoms with Gasteiger partial charge in [0.25, 0.3) is 0 Å². The van der Waals surface area contributed by atoms with Crippen LogP contribution in [0.1, 0.15) is 31.9 Å². The Balaban J connectivity index is 2.26. The van der Waals surface area contributed by atoms with Gasteiger partial charge >= 0.3 is 24.0 Å². The van der Waals surface area contributed by atoms with Gasteiger partial charge in [-0.1, -0.05) is 67.6 Å². The Morgan fingerprint density at radius 2 is 1.15 bits per heavy atom. The molecule has 0 radical (unpaired) electrons. The van der Waals surface area contributed by atoms with Gasteiger partial charge in [0.2, 0.25) is 7.44 Å². The Labute approximate surface area is 239 Å². The van der Waals surface area contributed by atoms with Crippen molar-refractivity contribution in [3.05, 3.63) is 71.8 Å². The van der Waals surface area contributed by atoms with Gasteiger partial charge in [0.1, 0.15) is 31.3 Å². The number of rotatable bonds is 15. The van der Waals surface area contributed by atoms with E-state index in [0.717, 1.165) is 11.1 Å². The van der Waals surface area contributed by atoms with Gasteiger partial charge in [-0.2, -0.15) is 0 Å². The number of hydrogen-bond donors (Lipinski definition) is 3. The summed E-state index contributed by atoms with van der Waals surface area (Å²) in [5.41, 5.74) is 1.47. The molecule has 0 spiro atoms. The highest BCUT2D eigenvalue weighted by atomic mass is 31.2. The molecule has 0 aromatic heterocycles. The third-order valence-corrected chi connectivity index (χ3v) is 8.69. The third-order valence-electron chi connectivity index (χ3n) is 5.99. The van der Waals surface area contributed by atoms with Crippen molar-refractivity contribution in [2.75, 3.05) is 20.4 Å². The zero-order valence-corrected chi connectivity index (χ0v) is 24.7. The maximum atomic E-state index is 14.1. The predicted octanol–water partition coefficient (Wildman–Crippen LogP) is 3.16. The second kappa shape index (κ2) is 16.5. The lowest BCUT2D eigenvalue weighted by atomic mass is 10.0. The minimum atomic E-state index is -3.80. The molecule has 3 N–H and O–H groups in total. The lowest BCUT2D eigenvalue weighted by Gasteiger charge is -2.30. The molecule has 2 aromatic carbocycles. The number of amides is 1. The number of ether oxygens (including phenoxy) is 4. The van der Waals surface area contributed by atoms with Crippen LogP contribution in [-0.4, -0.2) is 62.5 Å². The van der Waals surface area contributed by atoms with Gasteiger partial charge < -0.3 is 24.3 Å². The molecule has 12 nitrogen and oxygen atoms in total. The van der Waals surface area contributed by atoms with Crippen LogP contribution >= 0.6 is 7.44 Å². The van der Waals surface area contributed by atoms with Gasteiger partial charge in [-0.15, -0.1) is 0 Å². The van der Waals surface area contributed by atoms with E-state index in [1.165, 1.54) is 28.1 Å². The van der Waals surface area contributed by atoms with Gasteiger partial charge in [-0.25, -0.2) is 19.8 Å². The molecule has 224 valence electrons. The summed E-state index contributed by atoms with van der Waals surface area (Å²) >= 11 is 0. The van der Waals surface area contributed by atoms with E-state index >= 15 is 0 Å². The fraction of sp³-hybridized carbons (Fsp3) is 0.429. The monoisotopic (exact) mass is 591 g/mol. The van der Waals surface area contributed by atoms with Crippen LogP contribution < -0.4 is 15.5 Å². The largest absolute Gasteiger partial charge is 0.468 e. The molecule has 2 rings (SSSR count). The molecule has 13 heteroatoms. The Bertz CT molecular complexity index is 1170. The molecule has 0 aliphatic rings. The number of alkyl carbamates (subject to hydrolysis) is 1. The van der Waals surface area contributed by atoms with Crippen LogP contribution in [0.2, 0.25) is 0 Å². The first-order chi connectivity index (χ1) is 19.5. The Hall–Kier alpha value is -3.73. The Morgan fingerprint density at radius 1 is 0.707 bits per heavy atom. The van der Waals surface area contributed by atoms with Crippen molar-refractivity contribution in [2.24, 2.45) is 5.92 Å². The number of nitrogens with one attached hydrogen (secondary N) is 3. The van der Waals surface area contributed by atoms with Crippen molar-refractivity contribution in [1.29, 1.82) is 0 Å². The summed E-state index contributed by atoms with van der Waals surface area (Å²) in [6.45, 7) is 4.36. The second-order valence-electron chi connectivity index (χ2n) is 9.42. The van der Waals surface area contributed by atoms with Gasteiger partial charge in [-0.05, 0) is 30.9 Å². The normalized spacial score (nSPS) is 15.2. The molecule has 0 bridgehead atoms. The Morgan fingerprint density at radius 3 is 1.59 bits per heavy atom. The summed E-state index contributed by atoms with van der Waals surface area (Å²) in [7, 11) is -1.43. The first-order valence-electron chi connectivity index (χ1n) is 13.0. The second-order valence-corrected chi connectivity index (χ2v) is 11.8. The molecule has 0 aliphatic carbocycles. The number of esters is 3. The molecular formula is C28H38N3O9P. The van der Waals surface area contributed by atoms with Gasteiger partial charge in [0, 0.05) is 6.16 Å². The average Bonchev–Trinajstić information content (AvgIpc) is 2.97. The summed E-state index contributed by atoms with van der Waals surface area (Å²) in [5, 5.41) is 7.93. The summed E-state index contributed by atoms with van der Waals surface area (Å²) in [5.74, 6) is -2.99. The first kappa shape index (κ1) is 33.5. The fourth-order valence-corrected chi connectivity index (χ4v) is 6.65. The van der Waals surface area contributed by atoms with E-state index in [0.29, 0.717) is 0 Å². The quantitative estimate of drug-likeness (QED) is 0.159. The molecule has 4 unspecified atom stereocenters. The van der Waals surface area contributed by atoms with E-state index in [4.69, 9.17) is 18.9 Å². The van der Waals surface area contributed by atoms with E-state index < -0.39 is 55.5 Å². The fourth-order valence-electron chi connectivity index (χ4n) is 3.88. The smallest absolute Gasteiger partial charge is 0.408 e. The van der Waals surface area contributed by atoms with Crippen LogP contribution in [0.5, 0.6) is 0 Å². The number of carbonyl (C=O) groups is 4. The average molecular weight is 592 g/mol. The minimum Gasteiger partial charge on any atom is -0.468 e. The zero-order valence-electron chi connectivity index (χ0n) is 23.8. The molecule has 4 atom stereocenters. The molecule has 2 aromatic rings. The first-order valence-corrected chi connectivity index (χ1v) is 14.8. The lowest BCUT2D eigenvalue weighted by molar-refractivity contribution is -0.148. The maximum absolute atomic E-state index is 14.1. The summed E-state index contributed by atoms with van der Waals surface area (Å²) in [6.07, 6.45) is -1.16. The number of benzene rings is 2. The van der Waals surface area contributed by atoms with Crippen molar-refractivity contribution in [1.82, 2.24) is 15.5 Å². The topological polar surface area (TPSA) is 158 Å². The van der Waals surface area contributed by atoms with Crippen molar-refractivity contribution in [3.63, 3.8) is 0 Å². The van der Waals surface area contributed by atoms with Crippen LogP contribution in [0.25, 0.3) is 0 Å². The molecule has 1 amide bonds. The maximum Gasteiger partial charge on any atom is 0.408 e. The van der Waals surface area contributed by atoms with Gasteiger partial charge in [-0.3, -0.25) is 14.2 Å². The zero-order chi connectivity index (χ0) is 30.4. The van der Waals surface area contributed by atoms with E-state index in [2.05, 4.69) is 15.5 Å². The highest BCUT2D eigenvalue weighted by Gasteiger charge is 2.38. The van der Waals surface area contributed by atoms with Crippen molar-refractivity contribution < 1.29 is 42.7 Å². The Kier molecular flexibility index (Phi) is 13.5.